The Kier molecular flexibility index (Phi) is 1180000. The van der Waals surface area contributed by atoms with E-state index in [4.69, 9.17) is 0 Å². The normalized spacial score (nSPS) is 0. The van der Waals surface area contributed by atoms with Crippen molar-refractivity contribution >= 4 is 0 Å². The van der Waals surface area contributed by atoms with Crippen LogP contribution in [0.25, 0.3) is 36.9 Å². The Hall–Kier alpha value is 0.279. The molecule has 0 spiro atoms. The molecule has 6 nitrogen and oxygen atoms in total. The minimum absolute atomic E-state index is 0. The fourth-order valence-electron chi connectivity index (χ4n) is 0. The number of hydrogen-bond donors (Lipinski definition) is 0. The van der Waals surface area contributed by atoms with Gasteiger partial charge in [0, 0.05) is 17.1 Å². The number of rotatable bonds is 0. The van der Waals surface area contributed by atoms with E-state index < -0.39 is 0 Å². The first kappa shape index (κ1) is 3670. The third-order valence-corrected chi connectivity index (χ3v) is 0. The zero-order chi connectivity index (χ0) is 0. The fraction of sp³-hybridized carbons (Fsp3) is 0. The van der Waals surface area contributed by atoms with Gasteiger partial charge in [-0.3, -0.25) is 0 Å². The van der Waals surface area contributed by atoms with Crippen molar-refractivity contribution in [2.24, 2.45) is 0 Å². The molecule has 0 aliphatic heterocycles. The van der Waals surface area contributed by atoms with Crippen LogP contribution in [-0.2, 0) is 17.1 Å². The van der Waals surface area contributed by atoms with E-state index in [1.807, 2.05) is 0 Å². The number of nitrogens with two attached hydrogens (primary N) is 6. The smallest absolute Gasteiger partial charge is 0 e. The predicted octanol–water partition coefficient (Wildman–Crippen LogP) is 4.30. The van der Waals surface area contributed by atoms with Crippen molar-refractivity contribution in [1.29, 1.82) is 0 Å². The zero-order valence-electron chi connectivity index (χ0n) is 3.84. The van der Waals surface area contributed by atoms with Crippen molar-refractivity contribution in [3.8, 4) is 0 Å². The largest absolute Gasteiger partial charge is 0.693 e. The molecule has 1 radical (unpaired) electrons. The van der Waals surface area contributed by atoms with Gasteiger partial charge in [-0.05, 0) is 0 Å². The molecule has 0 atom stereocenters. The van der Waals surface area contributed by atoms with E-state index in [9.17, 15) is 0 Å². The Morgan fingerprint density at radius 1 is 0.286 bits per heavy atom. The minimum Gasteiger partial charge on any atom is -0.693 e. The molecule has 0 saturated carbocycles. The van der Waals surface area contributed by atoms with Gasteiger partial charge in [0.2, 0.25) is 0 Å². The fourth-order valence-corrected chi connectivity index (χ4v) is 0. The quantitative estimate of drug-likeness (QED) is 0.444. The van der Waals surface area contributed by atoms with Crippen LogP contribution in [0.15, 0.2) is 0 Å². The van der Waals surface area contributed by atoms with E-state index in [0.29, 0.717) is 0 Å². The van der Waals surface area contributed by atoms with E-state index in [1.54, 1.807) is 0 Å². The van der Waals surface area contributed by atoms with Crippen molar-refractivity contribution in [2.75, 3.05) is 0 Å². The molecule has 0 saturated heterocycles. The molecule has 0 bridgehead atoms. The van der Waals surface area contributed by atoms with Crippen molar-refractivity contribution < 1.29 is 17.1 Å². The predicted molar refractivity (Wildman–Crippen MR) is 31.7 cm³/mol. The van der Waals surface area contributed by atoms with Crippen LogP contribution >= 0.6 is 0 Å². The molecule has 0 aliphatic carbocycles. The first-order chi connectivity index (χ1) is 0. The van der Waals surface area contributed by atoms with Gasteiger partial charge in [0.15, 0.2) is 0 Å². The molecule has 0 rings (SSSR count). The van der Waals surface area contributed by atoms with Crippen LogP contribution in [0.2, 0.25) is 0 Å². The maximum Gasteiger partial charge on any atom is 0 e. The molecule has 0 heterocycles. The average Bonchev–Trinajstić information content (AvgIpc) is 0. The van der Waals surface area contributed by atoms with Crippen LogP contribution < -0.4 is 0 Å². The first-order valence-corrected chi connectivity index (χ1v) is 0. The van der Waals surface area contributed by atoms with E-state index in [2.05, 4.69) is 0 Å². The molecule has 7 heteroatoms. The third-order valence-electron chi connectivity index (χ3n) is 0. The minimum atomic E-state index is 0. The summed E-state index contributed by atoms with van der Waals surface area (Å²) in [4.78, 5) is 0. The molecule has 0 aliphatic rings. The Balaban J connectivity index is 0. The second-order valence-electron chi connectivity index (χ2n) is 0. The summed E-state index contributed by atoms with van der Waals surface area (Å²) in [5.74, 6) is 0. The maximum atomic E-state index is 0. The molecule has 0 fully saturated rings. The van der Waals surface area contributed by atoms with Crippen molar-refractivity contribution in [2.45, 2.75) is 0 Å². The van der Waals surface area contributed by atoms with Crippen LogP contribution in [0.5, 0.6) is 0 Å². The second kappa shape index (κ2) is 2240. The van der Waals surface area contributed by atoms with Crippen LogP contribution in [0.4, 0.5) is 0 Å². The van der Waals surface area contributed by atoms with Gasteiger partial charge in [-0.1, -0.05) is 0 Å². The summed E-state index contributed by atoms with van der Waals surface area (Å²) in [6.45, 7) is 0. The van der Waals surface area contributed by atoms with E-state index >= 15 is 0 Å². The summed E-state index contributed by atoms with van der Waals surface area (Å²) in [6.07, 6.45) is 0. The maximum absolute atomic E-state index is 0. The zero-order valence-corrected chi connectivity index (χ0v) is 5.02. The molecular formula is H12MnN6-6. The molecular weight excluding hydrogens is 139 g/mol. The van der Waals surface area contributed by atoms with Crippen LogP contribution in [0.1, 0.15) is 0 Å². The molecule has 0 aromatic heterocycles. The van der Waals surface area contributed by atoms with Crippen molar-refractivity contribution in [3.63, 3.8) is 0 Å². The SMILES string of the molecule is [Mn].[NH2-].[NH2-].[NH2-].[NH2-].[NH2-].[NH2-]. The summed E-state index contributed by atoms with van der Waals surface area (Å²) in [7, 11) is 0. The monoisotopic (exact) mass is 151 g/mol. The molecule has 0 unspecified atom stereocenters. The van der Waals surface area contributed by atoms with Gasteiger partial charge in [0.05, 0.1) is 0 Å². The van der Waals surface area contributed by atoms with Gasteiger partial charge >= 0.3 is 0 Å². The summed E-state index contributed by atoms with van der Waals surface area (Å²) >= 11 is 0. The molecule has 55 valence electrons. The Labute approximate surface area is 54.8 Å². The van der Waals surface area contributed by atoms with Gasteiger partial charge in [0.1, 0.15) is 0 Å². The summed E-state index contributed by atoms with van der Waals surface area (Å²) < 4.78 is 0. The van der Waals surface area contributed by atoms with Crippen molar-refractivity contribution in [3.05, 3.63) is 36.9 Å². The molecule has 0 aromatic carbocycles. The average molecular weight is 151 g/mol. The van der Waals surface area contributed by atoms with Gasteiger partial charge in [-0.25, -0.2) is 0 Å². The Bertz CT molecular complexity index is 4.14. The number of hydrogen-bond acceptors (Lipinski definition) is 0. The van der Waals surface area contributed by atoms with Gasteiger partial charge in [0.25, 0.3) is 0 Å². The second-order valence-corrected chi connectivity index (χ2v) is 0. The molecule has 12 N–H and O–H groups in total. The molecule has 0 amide bonds. The summed E-state index contributed by atoms with van der Waals surface area (Å²) in [5.41, 5.74) is 0. The third kappa shape index (κ3) is 1470. The standard InChI is InChI=1S/Mn.6H2N/h;6*1H2/q;6*-1. The summed E-state index contributed by atoms with van der Waals surface area (Å²) in [5, 5.41) is 0. The van der Waals surface area contributed by atoms with E-state index in [-0.39, 0.29) is 54.0 Å². The van der Waals surface area contributed by atoms with Crippen LogP contribution in [0.3, 0.4) is 0 Å². The van der Waals surface area contributed by atoms with Gasteiger partial charge in [-0.15, -0.1) is 0 Å². The molecule has 0 aromatic rings. The Morgan fingerprint density at radius 2 is 0.286 bits per heavy atom. The van der Waals surface area contributed by atoms with Crippen molar-refractivity contribution in [1.82, 2.24) is 0 Å². The van der Waals surface area contributed by atoms with Gasteiger partial charge in [-0.2, -0.15) is 0 Å². The van der Waals surface area contributed by atoms with Gasteiger partial charge < -0.3 is 36.9 Å². The topological polar surface area (TPSA) is 201 Å². The Morgan fingerprint density at radius 3 is 0.286 bits per heavy atom. The van der Waals surface area contributed by atoms with E-state index in [0.717, 1.165) is 0 Å². The van der Waals surface area contributed by atoms with Crippen LogP contribution in [0, 0.1) is 0 Å². The van der Waals surface area contributed by atoms with Crippen LogP contribution in [-0.4, -0.2) is 0 Å². The molecule has 7 heavy (non-hydrogen) atoms. The summed E-state index contributed by atoms with van der Waals surface area (Å²) in [6, 6.07) is 0. The first-order valence-electron chi connectivity index (χ1n) is 0. The van der Waals surface area contributed by atoms with E-state index in [1.165, 1.54) is 0 Å².